The highest BCUT2D eigenvalue weighted by molar-refractivity contribution is 5.92. The number of hydrogen-bond donors (Lipinski definition) is 1. The van der Waals surface area contributed by atoms with E-state index < -0.39 is 0 Å². The number of benzene rings is 2. The summed E-state index contributed by atoms with van der Waals surface area (Å²) in [4.78, 5) is 14.9. The fourth-order valence-electron chi connectivity index (χ4n) is 3.39. The van der Waals surface area contributed by atoms with E-state index in [0.29, 0.717) is 0 Å². The molecule has 1 atom stereocenters. The van der Waals surface area contributed by atoms with Crippen LogP contribution in [0.1, 0.15) is 32.3 Å². The molecule has 3 rings (SSSR count). The smallest absolute Gasteiger partial charge is 0.228 e. The van der Waals surface area contributed by atoms with Gasteiger partial charge in [0.2, 0.25) is 5.91 Å². The van der Waals surface area contributed by atoms with Crippen molar-refractivity contribution in [2.45, 2.75) is 39.3 Å². The van der Waals surface area contributed by atoms with Crippen molar-refractivity contribution in [2.75, 3.05) is 18.4 Å². The maximum absolute atomic E-state index is 13.1. The number of piperidine rings is 1. The Hall–Kier alpha value is -2.40. The molecule has 0 saturated carbocycles. The molecule has 4 nitrogen and oxygen atoms in total. The average molecular weight is 370 g/mol. The summed E-state index contributed by atoms with van der Waals surface area (Å²) in [5.74, 6) is 0.590. The van der Waals surface area contributed by atoms with Gasteiger partial charge in [0.05, 0.1) is 12.0 Å². The second kappa shape index (κ2) is 9.00. The zero-order valence-electron chi connectivity index (χ0n) is 16.0. The summed E-state index contributed by atoms with van der Waals surface area (Å²) in [6, 6.07) is 14.1. The first-order valence-electron chi connectivity index (χ1n) is 9.54. The Morgan fingerprint density at radius 3 is 2.56 bits per heavy atom. The summed E-state index contributed by atoms with van der Waals surface area (Å²) in [5.41, 5.74) is 1.85. The lowest BCUT2D eigenvalue weighted by Crippen LogP contribution is -2.40. The van der Waals surface area contributed by atoms with Crippen LogP contribution in [0, 0.1) is 11.7 Å². The average Bonchev–Trinajstić information content (AvgIpc) is 2.65. The number of hydrogen-bond acceptors (Lipinski definition) is 3. The van der Waals surface area contributed by atoms with Gasteiger partial charge in [-0.25, -0.2) is 4.39 Å². The van der Waals surface area contributed by atoms with Gasteiger partial charge >= 0.3 is 0 Å². The minimum Gasteiger partial charge on any atom is -0.491 e. The van der Waals surface area contributed by atoms with E-state index in [0.717, 1.165) is 49.5 Å². The number of likely N-dealkylation sites (tertiary alicyclic amines) is 1. The second-order valence-electron chi connectivity index (χ2n) is 7.38. The van der Waals surface area contributed by atoms with E-state index in [4.69, 9.17) is 4.74 Å². The molecule has 2 aromatic carbocycles. The lowest BCUT2D eigenvalue weighted by molar-refractivity contribution is -0.121. The first kappa shape index (κ1) is 19.4. The molecule has 144 valence electrons. The monoisotopic (exact) mass is 370 g/mol. The van der Waals surface area contributed by atoms with Crippen molar-refractivity contribution in [1.82, 2.24) is 4.90 Å². The predicted octanol–water partition coefficient (Wildman–Crippen LogP) is 4.46. The van der Waals surface area contributed by atoms with Gasteiger partial charge in [0, 0.05) is 18.8 Å². The topological polar surface area (TPSA) is 41.6 Å². The summed E-state index contributed by atoms with van der Waals surface area (Å²) in [6.07, 6.45) is 2.00. The van der Waals surface area contributed by atoms with Crippen molar-refractivity contribution in [3.8, 4) is 5.75 Å². The summed E-state index contributed by atoms with van der Waals surface area (Å²) in [5, 5.41) is 3.01. The fraction of sp³-hybridized carbons (Fsp3) is 0.409. The van der Waals surface area contributed by atoms with Crippen molar-refractivity contribution in [3.05, 3.63) is 59.9 Å². The van der Waals surface area contributed by atoms with Crippen molar-refractivity contribution in [3.63, 3.8) is 0 Å². The van der Waals surface area contributed by atoms with Crippen molar-refractivity contribution >= 4 is 11.6 Å². The van der Waals surface area contributed by atoms with Crippen LogP contribution in [0.5, 0.6) is 5.75 Å². The fourth-order valence-corrected chi connectivity index (χ4v) is 3.39. The molecule has 1 fully saturated rings. The molecule has 0 spiro atoms. The van der Waals surface area contributed by atoms with Gasteiger partial charge in [-0.3, -0.25) is 9.69 Å². The Morgan fingerprint density at radius 2 is 1.89 bits per heavy atom. The van der Waals surface area contributed by atoms with Gasteiger partial charge in [-0.2, -0.15) is 0 Å². The minimum absolute atomic E-state index is 0.0363. The third-order valence-corrected chi connectivity index (χ3v) is 4.69. The molecule has 1 amide bonds. The van der Waals surface area contributed by atoms with Crippen molar-refractivity contribution < 1.29 is 13.9 Å². The Kier molecular flexibility index (Phi) is 6.45. The van der Waals surface area contributed by atoms with Gasteiger partial charge in [0.15, 0.2) is 0 Å². The normalized spacial score (nSPS) is 17.7. The van der Waals surface area contributed by atoms with E-state index in [1.54, 1.807) is 12.1 Å². The summed E-state index contributed by atoms with van der Waals surface area (Å²) in [6.45, 7) is 6.39. The third-order valence-electron chi connectivity index (χ3n) is 4.69. The maximum atomic E-state index is 13.1. The largest absolute Gasteiger partial charge is 0.491 e. The van der Waals surface area contributed by atoms with Gasteiger partial charge in [0.1, 0.15) is 11.6 Å². The molecule has 0 aromatic heterocycles. The van der Waals surface area contributed by atoms with Crippen LogP contribution in [-0.4, -0.2) is 30.0 Å². The molecule has 1 saturated heterocycles. The molecule has 1 aliphatic rings. The van der Waals surface area contributed by atoms with E-state index in [1.807, 2.05) is 38.1 Å². The van der Waals surface area contributed by atoms with Crippen LogP contribution in [0.15, 0.2) is 48.5 Å². The van der Waals surface area contributed by atoms with E-state index >= 15 is 0 Å². The number of rotatable bonds is 6. The minimum atomic E-state index is -0.223. The Morgan fingerprint density at radius 1 is 1.19 bits per heavy atom. The number of nitrogens with zero attached hydrogens (tertiary/aromatic N) is 1. The number of amides is 1. The molecule has 1 heterocycles. The van der Waals surface area contributed by atoms with Crippen LogP contribution in [0.3, 0.4) is 0 Å². The predicted molar refractivity (Wildman–Crippen MR) is 105 cm³/mol. The van der Waals surface area contributed by atoms with Gasteiger partial charge in [-0.05, 0) is 75.2 Å². The molecular weight excluding hydrogens is 343 g/mol. The number of carbonyl (C=O) groups excluding carboxylic acids is 1. The highest BCUT2D eigenvalue weighted by Gasteiger charge is 2.25. The van der Waals surface area contributed by atoms with E-state index in [1.165, 1.54) is 12.1 Å². The van der Waals surface area contributed by atoms with Crippen LogP contribution in [0.25, 0.3) is 0 Å². The van der Waals surface area contributed by atoms with Crippen molar-refractivity contribution in [2.24, 2.45) is 5.92 Å². The zero-order valence-corrected chi connectivity index (χ0v) is 16.0. The number of nitrogens with one attached hydrogen (secondary N) is 1. The van der Waals surface area contributed by atoms with E-state index in [2.05, 4.69) is 10.2 Å². The second-order valence-corrected chi connectivity index (χ2v) is 7.38. The lowest BCUT2D eigenvalue weighted by atomic mass is 9.96. The molecule has 2 aromatic rings. The quantitative estimate of drug-likeness (QED) is 0.816. The number of anilines is 1. The van der Waals surface area contributed by atoms with Gasteiger partial charge in [-0.15, -0.1) is 0 Å². The molecule has 0 unspecified atom stereocenters. The molecule has 27 heavy (non-hydrogen) atoms. The third kappa shape index (κ3) is 5.79. The van der Waals surface area contributed by atoms with E-state index in [-0.39, 0.29) is 23.7 Å². The molecule has 1 aliphatic heterocycles. The molecule has 5 heteroatoms. The van der Waals surface area contributed by atoms with Crippen LogP contribution in [-0.2, 0) is 11.3 Å². The maximum Gasteiger partial charge on any atom is 0.228 e. The standard InChI is InChI=1S/C22H27FN2O2/c1-16(2)27-21-11-9-20(10-12-21)24-22(26)18-4-3-13-25(15-18)14-17-5-7-19(23)8-6-17/h5-12,16,18H,3-4,13-15H2,1-2H3,(H,24,26)/t18-/m0/s1. The van der Waals surface area contributed by atoms with Crippen LogP contribution < -0.4 is 10.1 Å². The Balaban J connectivity index is 1.54. The van der Waals surface area contributed by atoms with Crippen LogP contribution in [0.4, 0.5) is 10.1 Å². The van der Waals surface area contributed by atoms with Gasteiger partial charge < -0.3 is 10.1 Å². The zero-order chi connectivity index (χ0) is 19.2. The molecular formula is C22H27FN2O2. The number of halogens is 1. The van der Waals surface area contributed by atoms with Gasteiger partial charge in [-0.1, -0.05) is 12.1 Å². The highest BCUT2D eigenvalue weighted by Crippen LogP contribution is 2.22. The molecule has 0 bridgehead atoms. The first-order chi connectivity index (χ1) is 13.0. The number of ether oxygens (including phenoxy) is 1. The van der Waals surface area contributed by atoms with Gasteiger partial charge in [0.25, 0.3) is 0 Å². The summed E-state index contributed by atoms with van der Waals surface area (Å²) < 4.78 is 18.7. The Bertz CT molecular complexity index is 744. The molecule has 1 N–H and O–H groups in total. The molecule has 0 aliphatic carbocycles. The first-order valence-corrected chi connectivity index (χ1v) is 9.54. The lowest BCUT2D eigenvalue weighted by Gasteiger charge is -2.32. The van der Waals surface area contributed by atoms with E-state index in [9.17, 15) is 9.18 Å². The SMILES string of the molecule is CC(C)Oc1ccc(NC(=O)[C@H]2CCCN(Cc3ccc(F)cc3)C2)cc1. The number of carbonyl (C=O) groups is 1. The van der Waals surface area contributed by atoms with Crippen LogP contribution in [0.2, 0.25) is 0 Å². The summed E-state index contributed by atoms with van der Waals surface area (Å²) in [7, 11) is 0. The van der Waals surface area contributed by atoms with Crippen LogP contribution >= 0.6 is 0 Å². The Labute approximate surface area is 160 Å². The van der Waals surface area contributed by atoms with Crippen molar-refractivity contribution in [1.29, 1.82) is 0 Å². The summed E-state index contributed by atoms with van der Waals surface area (Å²) >= 11 is 0. The molecule has 0 radical (unpaired) electrons. The highest BCUT2D eigenvalue weighted by atomic mass is 19.1.